The lowest BCUT2D eigenvalue weighted by Crippen LogP contribution is -2.49. The molecular weight excluding hydrogens is 310 g/mol. The fourth-order valence-electron chi connectivity index (χ4n) is 2.80. The maximum Gasteiger partial charge on any atom is 0.227 e. The van der Waals surface area contributed by atoms with Crippen LogP contribution in [-0.4, -0.2) is 42.0 Å². The average molecular weight is 330 g/mol. The minimum atomic E-state index is 0.196. The van der Waals surface area contributed by atoms with Crippen molar-refractivity contribution >= 4 is 23.2 Å². The topological polar surface area (TPSA) is 36.4 Å². The highest BCUT2D eigenvalue weighted by molar-refractivity contribution is 6.29. The summed E-state index contributed by atoms with van der Waals surface area (Å²) >= 11 is 5.94. The summed E-state index contributed by atoms with van der Waals surface area (Å²) < 4.78 is 0. The molecule has 5 heteroatoms. The van der Waals surface area contributed by atoms with Crippen LogP contribution >= 0.6 is 11.6 Å². The summed E-state index contributed by atoms with van der Waals surface area (Å²) in [6.45, 7) is 5.17. The van der Waals surface area contributed by atoms with E-state index in [2.05, 4.69) is 16.8 Å². The summed E-state index contributed by atoms with van der Waals surface area (Å²) in [7, 11) is 0. The molecule has 1 saturated heterocycles. The maximum absolute atomic E-state index is 12.4. The number of carbonyl (C=O) groups excluding carboxylic acids is 1. The van der Waals surface area contributed by atoms with Crippen LogP contribution in [0.4, 0.5) is 5.69 Å². The van der Waals surface area contributed by atoms with Crippen molar-refractivity contribution in [3.05, 3.63) is 58.9 Å². The molecule has 0 spiro atoms. The van der Waals surface area contributed by atoms with Crippen molar-refractivity contribution in [1.29, 1.82) is 0 Å². The number of hydrogen-bond donors (Lipinski definition) is 0. The monoisotopic (exact) mass is 329 g/mol. The van der Waals surface area contributed by atoms with E-state index in [9.17, 15) is 4.79 Å². The van der Waals surface area contributed by atoms with Gasteiger partial charge in [0.1, 0.15) is 5.15 Å². The molecule has 0 N–H and O–H groups in total. The lowest BCUT2D eigenvalue weighted by molar-refractivity contribution is -0.130. The predicted molar refractivity (Wildman–Crippen MR) is 92.9 cm³/mol. The molecule has 2 heterocycles. The normalized spacial score (nSPS) is 14.9. The molecule has 0 unspecified atom stereocenters. The third-order valence-corrected chi connectivity index (χ3v) is 4.39. The summed E-state index contributed by atoms with van der Waals surface area (Å²) in [6, 6.07) is 12.0. The van der Waals surface area contributed by atoms with Gasteiger partial charge < -0.3 is 9.80 Å². The van der Waals surface area contributed by atoms with E-state index in [4.69, 9.17) is 11.6 Å². The Morgan fingerprint density at radius 1 is 1.13 bits per heavy atom. The number of nitrogens with zero attached hydrogens (tertiary/aromatic N) is 3. The summed E-state index contributed by atoms with van der Waals surface area (Å²) in [5.41, 5.74) is 3.35. The van der Waals surface area contributed by atoms with E-state index in [1.54, 1.807) is 6.20 Å². The standard InChI is InChI=1S/C18H20ClN3O/c1-14-2-4-15(5-3-14)12-18(23)22-10-8-21(9-11-22)16-6-7-20-17(19)13-16/h2-7,13H,8-12H2,1H3. The Hall–Kier alpha value is -2.07. The third kappa shape index (κ3) is 4.02. The lowest BCUT2D eigenvalue weighted by atomic mass is 10.1. The van der Waals surface area contributed by atoms with Gasteiger partial charge >= 0.3 is 0 Å². The summed E-state index contributed by atoms with van der Waals surface area (Å²) in [6.07, 6.45) is 2.19. The number of piperazine rings is 1. The van der Waals surface area contributed by atoms with Crippen molar-refractivity contribution in [2.75, 3.05) is 31.1 Å². The van der Waals surface area contributed by atoms with Gasteiger partial charge in [-0.1, -0.05) is 41.4 Å². The fraction of sp³-hybridized carbons (Fsp3) is 0.333. The molecule has 1 fully saturated rings. The van der Waals surface area contributed by atoms with Gasteiger partial charge in [0.25, 0.3) is 0 Å². The van der Waals surface area contributed by atoms with Gasteiger partial charge in [0.05, 0.1) is 6.42 Å². The number of carbonyl (C=O) groups is 1. The molecule has 4 nitrogen and oxygen atoms in total. The fourth-order valence-corrected chi connectivity index (χ4v) is 2.96. The van der Waals surface area contributed by atoms with Gasteiger partial charge in [-0.15, -0.1) is 0 Å². The summed E-state index contributed by atoms with van der Waals surface area (Å²) in [5.74, 6) is 0.196. The van der Waals surface area contributed by atoms with Crippen LogP contribution in [0.3, 0.4) is 0 Å². The van der Waals surface area contributed by atoms with Crippen LogP contribution in [0.1, 0.15) is 11.1 Å². The number of hydrogen-bond acceptors (Lipinski definition) is 3. The van der Waals surface area contributed by atoms with Crippen molar-refractivity contribution in [3.63, 3.8) is 0 Å². The van der Waals surface area contributed by atoms with Gasteiger partial charge in [0.2, 0.25) is 5.91 Å². The molecule has 0 aliphatic carbocycles. The largest absolute Gasteiger partial charge is 0.368 e. The van der Waals surface area contributed by atoms with Crippen molar-refractivity contribution in [3.8, 4) is 0 Å². The summed E-state index contributed by atoms with van der Waals surface area (Å²) in [4.78, 5) is 20.6. The van der Waals surface area contributed by atoms with Gasteiger partial charge in [0, 0.05) is 38.1 Å². The van der Waals surface area contributed by atoms with E-state index in [0.29, 0.717) is 11.6 Å². The molecule has 23 heavy (non-hydrogen) atoms. The van der Waals surface area contributed by atoms with Crippen LogP contribution in [-0.2, 0) is 11.2 Å². The minimum Gasteiger partial charge on any atom is -0.368 e. The minimum absolute atomic E-state index is 0.196. The van der Waals surface area contributed by atoms with Gasteiger partial charge in [-0.25, -0.2) is 4.98 Å². The van der Waals surface area contributed by atoms with Crippen LogP contribution in [0, 0.1) is 6.92 Å². The van der Waals surface area contributed by atoms with E-state index in [-0.39, 0.29) is 5.91 Å². The maximum atomic E-state index is 12.4. The van der Waals surface area contributed by atoms with Crippen LogP contribution < -0.4 is 4.90 Å². The number of amides is 1. The Balaban J connectivity index is 1.56. The third-order valence-electron chi connectivity index (χ3n) is 4.18. The Kier molecular flexibility index (Phi) is 4.82. The second-order valence-electron chi connectivity index (χ2n) is 5.87. The number of benzene rings is 1. The molecule has 1 amide bonds. The molecule has 1 aromatic heterocycles. The van der Waals surface area contributed by atoms with Crippen molar-refractivity contribution in [2.24, 2.45) is 0 Å². The molecule has 3 rings (SSSR count). The van der Waals surface area contributed by atoms with Crippen molar-refractivity contribution < 1.29 is 4.79 Å². The zero-order valence-electron chi connectivity index (χ0n) is 13.2. The smallest absolute Gasteiger partial charge is 0.227 e. The second-order valence-corrected chi connectivity index (χ2v) is 6.25. The number of rotatable bonds is 3. The van der Waals surface area contributed by atoms with E-state index in [0.717, 1.165) is 37.4 Å². The first-order valence-corrected chi connectivity index (χ1v) is 8.19. The molecule has 120 valence electrons. The van der Waals surface area contributed by atoms with Crippen LogP contribution in [0.2, 0.25) is 5.15 Å². The first kappa shape index (κ1) is 15.8. The Morgan fingerprint density at radius 3 is 2.48 bits per heavy atom. The first-order valence-electron chi connectivity index (χ1n) is 7.81. The van der Waals surface area contributed by atoms with Gasteiger partial charge in [-0.05, 0) is 24.6 Å². The van der Waals surface area contributed by atoms with E-state index >= 15 is 0 Å². The molecular formula is C18H20ClN3O. The Bertz CT molecular complexity index is 679. The number of halogens is 1. The SMILES string of the molecule is Cc1ccc(CC(=O)N2CCN(c3ccnc(Cl)c3)CC2)cc1. The van der Waals surface area contributed by atoms with Gasteiger partial charge in [-0.3, -0.25) is 4.79 Å². The zero-order valence-corrected chi connectivity index (χ0v) is 14.0. The first-order chi connectivity index (χ1) is 11.1. The summed E-state index contributed by atoms with van der Waals surface area (Å²) in [5, 5.41) is 0.500. The Morgan fingerprint density at radius 2 is 1.83 bits per heavy atom. The lowest BCUT2D eigenvalue weighted by Gasteiger charge is -2.36. The average Bonchev–Trinajstić information content (AvgIpc) is 2.57. The quantitative estimate of drug-likeness (QED) is 0.812. The van der Waals surface area contributed by atoms with Crippen LogP contribution in [0.25, 0.3) is 0 Å². The molecule has 1 aliphatic rings. The molecule has 0 atom stereocenters. The molecule has 0 radical (unpaired) electrons. The van der Waals surface area contributed by atoms with E-state index in [1.165, 1.54) is 5.56 Å². The van der Waals surface area contributed by atoms with Gasteiger partial charge in [-0.2, -0.15) is 0 Å². The second kappa shape index (κ2) is 7.01. The molecule has 0 bridgehead atoms. The number of pyridine rings is 1. The van der Waals surface area contributed by atoms with E-state index < -0.39 is 0 Å². The number of aromatic nitrogens is 1. The zero-order chi connectivity index (χ0) is 16.2. The Labute approximate surface area is 141 Å². The van der Waals surface area contributed by atoms with E-state index in [1.807, 2.05) is 41.3 Å². The van der Waals surface area contributed by atoms with Crippen molar-refractivity contribution in [2.45, 2.75) is 13.3 Å². The number of aryl methyl sites for hydroxylation is 1. The van der Waals surface area contributed by atoms with Gasteiger partial charge in [0.15, 0.2) is 0 Å². The van der Waals surface area contributed by atoms with Crippen LogP contribution in [0.15, 0.2) is 42.6 Å². The molecule has 2 aromatic rings. The highest BCUT2D eigenvalue weighted by Gasteiger charge is 2.21. The molecule has 1 aliphatic heterocycles. The number of anilines is 1. The van der Waals surface area contributed by atoms with Crippen molar-refractivity contribution in [1.82, 2.24) is 9.88 Å². The molecule has 0 saturated carbocycles. The molecule has 1 aromatic carbocycles. The van der Waals surface area contributed by atoms with Crippen LogP contribution in [0.5, 0.6) is 0 Å². The highest BCUT2D eigenvalue weighted by Crippen LogP contribution is 2.19. The predicted octanol–water partition coefficient (Wildman–Crippen LogP) is 2.93. The highest BCUT2D eigenvalue weighted by atomic mass is 35.5.